The molecule has 1 atom stereocenters. The van der Waals surface area contributed by atoms with Crippen molar-refractivity contribution in [1.29, 1.82) is 0 Å². The number of hydrogen-bond donors (Lipinski definition) is 1. The van der Waals surface area contributed by atoms with E-state index < -0.39 is 12.1 Å². The van der Waals surface area contributed by atoms with Gasteiger partial charge in [0.15, 0.2) is 6.10 Å². The standard InChI is InChI=1S/C13H14N2O3/c1-9(12-14-7-8-15(12)2)18-13(17)10-5-3-4-6-11(10)16/h3-9,16H,1-2H3. The second kappa shape index (κ2) is 4.91. The van der Waals surface area contributed by atoms with Gasteiger partial charge in [-0.3, -0.25) is 0 Å². The van der Waals surface area contributed by atoms with Crippen LogP contribution in [0.3, 0.4) is 0 Å². The summed E-state index contributed by atoms with van der Waals surface area (Å²) in [6, 6.07) is 6.28. The van der Waals surface area contributed by atoms with Crippen molar-refractivity contribution >= 4 is 5.97 Å². The van der Waals surface area contributed by atoms with E-state index in [9.17, 15) is 9.90 Å². The number of aromatic nitrogens is 2. The highest BCUT2D eigenvalue weighted by molar-refractivity contribution is 5.92. The number of benzene rings is 1. The van der Waals surface area contributed by atoms with Crippen LogP contribution in [0.1, 0.15) is 29.2 Å². The Balaban J connectivity index is 2.13. The molecule has 0 aliphatic rings. The summed E-state index contributed by atoms with van der Waals surface area (Å²) in [5.41, 5.74) is 0.151. The van der Waals surface area contributed by atoms with E-state index in [0.29, 0.717) is 5.82 Å². The molecule has 0 bridgehead atoms. The predicted molar refractivity (Wildman–Crippen MR) is 65.1 cm³/mol. The van der Waals surface area contributed by atoms with Crippen molar-refractivity contribution in [3.05, 3.63) is 48.0 Å². The molecule has 1 heterocycles. The highest BCUT2D eigenvalue weighted by atomic mass is 16.5. The molecule has 2 rings (SSSR count). The smallest absolute Gasteiger partial charge is 0.342 e. The third kappa shape index (κ3) is 2.34. The molecule has 1 N–H and O–H groups in total. The maximum atomic E-state index is 11.9. The summed E-state index contributed by atoms with van der Waals surface area (Å²) >= 11 is 0. The number of nitrogens with zero attached hydrogens (tertiary/aromatic N) is 2. The fourth-order valence-electron chi connectivity index (χ4n) is 1.69. The molecule has 1 aromatic carbocycles. The van der Waals surface area contributed by atoms with Gasteiger partial charge >= 0.3 is 5.97 Å². The molecule has 0 spiro atoms. The van der Waals surface area contributed by atoms with Crippen molar-refractivity contribution in [3.63, 3.8) is 0 Å². The molecule has 0 aliphatic carbocycles. The molecule has 0 fully saturated rings. The second-order valence-corrected chi connectivity index (χ2v) is 3.96. The topological polar surface area (TPSA) is 64.3 Å². The van der Waals surface area contributed by atoms with Crippen LogP contribution in [-0.2, 0) is 11.8 Å². The van der Waals surface area contributed by atoms with E-state index in [1.54, 1.807) is 36.0 Å². The quantitative estimate of drug-likeness (QED) is 0.842. The number of carbonyl (C=O) groups is 1. The Hall–Kier alpha value is -2.30. The normalized spacial score (nSPS) is 12.1. The van der Waals surface area contributed by atoms with Gasteiger partial charge in [0.25, 0.3) is 0 Å². The van der Waals surface area contributed by atoms with Gasteiger partial charge in [0, 0.05) is 19.4 Å². The highest BCUT2D eigenvalue weighted by Gasteiger charge is 2.18. The average molecular weight is 246 g/mol. The van der Waals surface area contributed by atoms with Gasteiger partial charge in [-0.15, -0.1) is 0 Å². The molecule has 94 valence electrons. The van der Waals surface area contributed by atoms with Crippen LogP contribution in [0, 0.1) is 0 Å². The van der Waals surface area contributed by atoms with Crippen molar-refractivity contribution in [3.8, 4) is 5.75 Å². The number of imidazole rings is 1. The second-order valence-electron chi connectivity index (χ2n) is 3.96. The van der Waals surface area contributed by atoms with Gasteiger partial charge < -0.3 is 14.4 Å². The zero-order chi connectivity index (χ0) is 13.1. The van der Waals surface area contributed by atoms with Crippen LogP contribution in [0.15, 0.2) is 36.7 Å². The number of aryl methyl sites for hydroxylation is 1. The monoisotopic (exact) mass is 246 g/mol. The van der Waals surface area contributed by atoms with Crippen LogP contribution in [0.5, 0.6) is 5.75 Å². The Morgan fingerprint density at radius 3 is 2.78 bits per heavy atom. The third-order valence-corrected chi connectivity index (χ3v) is 2.63. The molecule has 0 aliphatic heterocycles. The van der Waals surface area contributed by atoms with Gasteiger partial charge in [-0.2, -0.15) is 0 Å². The molecule has 5 heteroatoms. The molecule has 1 aromatic heterocycles. The fourth-order valence-corrected chi connectivity index (χ4v) is 1.69. The van der Waals surface area contributed by atoms with Gasteiger partial charge in [0.05, 0.1) is 0 Å². The summed E-state index contributed by atoms with van der Waals surface area (Å²) in [7, 11) is 1.83. The van der Waals surface area contributed by atoms with E-state index in [1.165, 1.54) is 12.1 Å². The zero-order valence-electron chi connectivity index (χ0n) is 10.2. The largest absolute Gasteiger partial charge is 0.507 e. The van der Waals surface area contributed by atoms with Crippen molar-refractivity contribution in [1.82, 2.24) is 9.55 Å². The molecule has 0 saturated carbocycles. The Bertz CT molecular complexity index is 563. The summed E-state index contributed by atoms with van der Waals surface area (Å²) in [5, 5.41) is 9.56. The molecule has 2 aromatic rings. The van der Waals surface area contributed by atoms with E-state index in [4.69, 9.17) is 4.74 Å². The van der Waals surface area contributed by atoms with Crippen molar-refractivity contribution in [2.24, 2.45) is 7.05 Å². The molecular formula is C13H14N2O3. The number of para-hydroxylation sites is 1. The summed E-state index contributed by atoms with van der Waals surface area (Å²) in [6.45, 7) is 1.74. The van der Waals surface area contributed by atoms with E-state index in [2.05, 4.69) is 4.98 Å². The van der Waals surface area contributed by atoms with Crippen LogP contribution in [0.25, 0.3) is 0 Å². The number of aromatic hydroxyl groups is 1. The van der Waals surface area contributed by atoms with Crippen LogP contribution >= 0.6 is 0 Å². The number of phenols is 1. The molecule has 0 saturated heterocycles. The first kappa shape index (κ1) is 12.2. The van der Waals surface area contributed by atoms with Gasteiger partial charge in [-0.25, -0.2) is 9.78 Å². The van der Waals surface area contributed by atoms with E-state index in [0.717, 1.165) is 0 Å². The van der Waals surface area contributed by atoms with Gasteiger partial charge in [0.1, 0.15) is 17.1 Å². The van der Waals surface area contributed by atoms with Crippen LogP contribution in [-0.4, -0.2) is 20.6 Å². The lowest BCUT2D eigenvalue weighted by atomic mass is 10.2. The first-order valence-corrected chi connectivity index (χ1v) is 5.56. The zero-order valence-corrected chi connectivity index (χ0v) is 10.2. The fraction of sp³-hybridized carbons (Fsp3) is 0.231. The number of esters is 1. The molecule has 0 amide bonds. The molecule has 5 nitrogen and oxygen atoms in total. The third-order valence-electron chi connectivity index (χ3n) is 2.63. The van der Waals surface area contributed by atoms with Crippen LogP contribution in [0.2, 0.25) is 0 Å². The lowest BCUT2D eigenvalue weighted by Crippen LogP contribution is -2.12. The number of phenolic OH excluding ortho intramolecular Hbond substituents is 1. The molecule has 18 heavy (non-hydrogen) atoms. The summed E-state index contributed by atoms with van der Waals surface area (Å²) < 4.78 is 7.04. The van der Waals surface area contributed by atoms with Crippen LogP contribution in [0.4, 0.5) is 0 Å². The van der Waals surface area contributed by atoms with Gasteiger partial charge in [0.2, 0.25) is 0 Å². The van der Waals surface area contributed by atoms with Crippen molar-refractivity contribution in [2.45, 2.75) is 13.0 Å². The first-order chi connectivity index (χ1) is 8.59. The predicted octanol–water partition coefficient (Wildman–Crippen LogP) is 2.04. The van der Waals surface area contributed by atoms with E-state index in [-0.39, 0.29) is 11.3 Å². The summed E-state index contributed by atoms with van der Waals surface area (Å²) in [6.07, 6.45) is 2.94. The SMILES string of the molecule is CC(OC(=O)c1ccccc1O)c1nccn1C. The maximum Gasteiger partial charge on any atom is 0.342 e. The van der Waals surface area contributed by atoms with E-state index >= 15 is 0 Å². The van der Waals surface area contributed by atoms with Gasteiger partial charge in [-0.05, 0) is 19.1 Å². The number of hydrogen-bond acceptors (Lipinski definition) is 4. The minimum atomic E-state index is -0.566. The minimum Gasteiger partial charge on any atom is -0.507 e. The maximum absolute atomic E-state index is 11.9. The van der Waals surface area contributed by atoms with Gasteiger partial charge in [-0.1, -0.05) is 12.1 Å². The molecular weight excluding hydrogens is 232 g/mol. The molecule has 1 unspecified atom stereocenters. The Morgan fingerprint density at radius 1 is 1.44 bits per heavy atom. The Kier molecular flexibility index (Phi) is 3.32. The minimum absolute atomic E-state index is 0.0884. The van der Waals surface area contributed by atoms with E-state index in [1.807, 2.05) is 7.05 Å². The number of rotatable bonds is 3. The van der Waals surface area contributed by atoms with Crippen molar-refractivity contribution < 1.29 is 14.6 Å². The number of carbonyl (C=O) groups excluding carboxylic acids is 1. The highest BCUT2D eigenvalue weighted by Crippen LogP contribution is 2.21. The Labute approximate surface area is 105 Å². The Morgan fingerprint density at radius 2 is 2.17 bits per heavy atom. The molecule has 0 radical (unpaired) electrons. The summed E-state index contributed by atoms with van der Waals surface area (Å²) in [4.78, 5) is 16.0. The number of ether oxygens (including phenoxy) is 1. The first-order valence-electron chi connectivity index (χ1n) is 5.56. The lowest BCUT2D eigenvalue weighted by Gasteiger charge is -2.13. The van der Waals surface area contributed by atoms with Crippen LogP contribution < -0.4 is 0 Å². The average Bonchev–Trinajstić information content (AvgIpc) is 2.76. The lowest BCUT2D eigenvalue weighted by molar-refractivity contribution is 0.0311. The summed E-state index contributed by atoms with van der Waals surface area (Å²) in [5.74, 6) is -0.00286. The van der Waals surface area contributed by atoms with Crippen molar-refractivity contribution in [2.75, 3.05) is 0 Å².